The van der Waals surface area contributed by atoms with Gasteiger partial charge in [0.2, 0.25) is 0 Å². The second-order valence-electron chi connectivity index (χ2n) is 4.27. The van der Waals surface area contributed by atoms with Crippen molar-refractivity contribution in [2.75, 3.05) is 0 Å². The van der Waals surface area contributed by atoms with Gasteiger partial charge >= 0.3 is 0 Å². The van der Waals surface area contributed by atoms with Crippen molar-refractivity contribution in [1.82, 2.24) is 9.55 Å². The molecule has 0 radical (unpaired) electrons. The number of primary sulfonamides is 1. The van der Waals surface area contributed by atoms with Crippen LogP contribution in [0.4, 0.5) is 0 Å². The molecule has 1 aromatic heterocycles. The molecule has 1 heterocycles. The van der Waals surface area contributed by atoms with Crippen LogP contribution in [-0.4, -0.2) is 18.0 Å². The quantitative estimate of drug-likeness (QED) is 0.933. The van der Waals surface area contributed by atoms with E-state index in [2.05, 4.69) is 4.98 Å². The Morgan fingerprint density at radius 2 is 2.00 bits per heavy atom. The molecule has 0 saturated heterocycles. The first kappa shape index (κ1) is 15.3. The molecular formula is C12H13Cl2N3O2S. The molecule has 0 spiro atoms. The predicted molar refractivity (Wildman–Crippen MR) is 78.5 cm³/mol. The van der Waals surface area contributed by atoms with Crippen LogP contribution in [0.5, 0.6) is 0 Å². The number of nitrogens with two attached hydrogens (primary N) is 1. The normalized spacial score (nSPS) is 11.8. The molecule has 108 valence electrons. The lowest BCUT2D eigenvalue weighted by molar-refractivity contribution is 0.594. The Labute approximate surface area is 127 Å². The highest BCUT2D eigenvalue weighted by Crippen LogP contribution is 2.23. The summed E-state index contributed by atoms with van der Waals surface area (Å²) in [5, 5.41) is 5.89. The molecule has 8 heteroatoms. The third kappa shape index (κ3) is 3.32. The van der Waals surface area contributed by atoms with Crippen LogP contribution < -0.4 is 5.14 Å². The van der Waals surface area contributed by atoms with Crippen LogP contribution in [-0.2, 0) is 23.0 Å². The molecule has 2 N–H and O–H groups in total. The molecule has 0 aliphatic rings. The highest BCUT2D eigenvalue weighted by Gasteiger charge is 2.15. The van der Waals surface area contributed by atoms with Crippen LogP contribution in [0.1, 0.15) is 18.3 Å². The number of sulfonamides is 1. The Balaban J connectivity index is 2.37. The number of hydrogen-bond donors (Lipinski definition) is 1. The lowest BCUT2D eigenvalue weighted by Crippen LogP contribution is -2.12. The van der Waals surface area contributed by atoms with Crippen LogP contribution in [0.3, 0.4) is 0 Å². The Bertz CT molecular complexity index is 741. The van der Waals surface area contributed by atoms with Crippen molar-refractivity contribution >= 4 is 33.2 Å². The fourth-order valence-corrected chi connectivity index (χ4v) is 2.65. The third-order valence-electron chi connectivity index (χ3n) is 2.78. The van der Waals surface area contributed by atoms with E-state index in [4.69, 9.17) is 28.3 Å². The smallest absolute Gasteiger partial charge is 0.257 e. The average Bonchev–Trinajstić information content (AvgIpc) is 2.77. The van der Waals surface area contributed by atoms with E-state index < -0.39 is 10.0 Å². The van der Waals surface area contributed by atoms with Crippen molar-refractivity contribution in [3.63, 3.8) is 0 Å². The minimum Gasteiger partial charge on any atom is -0.329 e. The Morgan fingerprint density at radius 3 is 2.55 bits per heavy atom. The number of imidazole rings is 1. The maximum Gasteiger partial charge on any atom is 0.257 e. The third-order valence-corrected chi connectivity index (χ3v) is 4.30. The van der Waals surface area contributed by atoms with Crippen molar-refractivity contribution in [3.05, 3.63) is 45.8 Å². The zero-order chi connectivity index (χ0) is 14.9. The van der Waals surface area contributed by atoms with E-state index in [-0.39, 0.29) is 5.03 Å². The first-order valence-electron chi connectivity index (χ1n) is 5.84. The highest BCUT2D eigenvalue weighted by molar-refractivity contribution is 7.89. The van der Waals surface area contributed by atoms with Gasteiger partial charge in [0.05, 0.1) is 10.0 Å². The van der Waals surface area contributed by atoms with E-state index in [9.17, 15) is 8.42 Å². The van der Waals surface area contributed by atoms with Crippen LogP contribution in [0.2, 0.25) is 10.0 Å². The van der Waals surface area contributed by atoms with Gasteiger partial charge < -0.3 is 4.57 Å². The number of hydrogen-bond acceptors (Lipinski definition) is 3. The van der Waals surface area contributed by atoms with Gasteiger partial charge in [-0.05, 0) is 17.7 Å². The fourth-order valence-electron chi connectivity index (χ4n) is 1.82. The minimum atomic E-state index is -3.80. The molecule has 1 aromatic carbocycles. The molecule has 2 aromatic rings. The Kier molecular flexibility index (Phi) is 4.39. The Morgan fingerprint density at radius 1 is 1.30 bits per heavy atom. The van der Waals surface area contributed by atoms with Gasteiger partial charge in [-0.2, -0.15) is 0 Å². The standard InChI is InChI=1S/C12H13Cl2N3O2S/c1-2-11-16-12(20(15,18)19)7-17(11)6-8-3-4-9(13)10(14)5-8/h3-5,7H,2,6H2,1H3,(H2,15,18,19). The van der Waals surface area contributed by atoms with E-state index in [0.29, 0.717) is 28.8 Å². The average molecular weight is 334 g/mol. The summed E-state index contributed by atoms with van der Waals surface area (Å²) in [5.74, 6) is 0.639. The van der Waals surface area contributed by atoms with E-state index in [1.165, 1.54) is 6.20 Å². The van der Waals surface area contributed by atoms with Crippen LogP contribution in [0.15, 0.2) is 29.4 Å². The highest BCUT2D eigenvalue weighted by atomic mass is 35.5. The molecule has 5 nitrogen and oxygen atoms in total. The van der Waals surface area contributed by atoms with Crippen molar-refractivity contribution in [3.8, 4) is 0 Å². The lowest BCUT2D eigenvalue weighted by atomic mass is 10.2. The molecule has 0 atom stereocenters. The Hall–Kier alpha value is -1.08. The maximum absolute atomic E-state index is 11.3. The molecule has 0 fully saturated rings. The van der Waals surface area contributed by atoms with Crippen molar-refractivity contribution in [2.24, 2.45) is 5.14 Å². The summed E-state index contributed by atoms with van der Waals surface area (Å²) in [7, 11) is -3.80. The van der Waals surface area contributed by atoms with Crippen molar-refractivity contribution in [1.29, 1.82) is 0 Å². The zero-order valence-corrected chi connectivity index (χ0v) is 13.0. The summed E-state index contributed by atoms with van der Waals surface area (Å²) in [6, 6.07) is 5.26. The maximum atomic E-state index is 11.3. The summed E-state index contributed by atoms with van der Waals surface area (Å²) in [6.45, 7) is 2.34. The summed E-state index contributed by atoms with van der Waals surface area (Å²) >= 11 is 11.8. The minimum absolute atomic E-state index is 0.130. The van der Waals surface area contributed by atoms with Gasteiger partial charge in [0, 0.05) is 19.2 Å². The van der Waals surface area contributed by atoms with Crippen LogP contribution in [0, 0.1) is 0 Å². The van der Waals surface area contributed by atoms with Crippen molar-refractivity contribution < 1.29 is 8.42 Å². The monoisotopic (exact) mass is 333 g/mol. The van der Waals surface area contributed by atoms with E-state index in [1.54, 1.807) is 16.7 Å². The van der Waals surface area contributed by atoms with E-state index in [1.807, 2.05) is 13.0 Å². The molecule has 0 saturated carbocycles. The molecule has 0 bridgehead atoms. The lowest BCUT2D eigenvalue weighted by Gasteiger charge is -2.07. The largest absolute Gasteiger partial charge is 0.329 e. The summed E-state index contributed by atoms with van der Waals surface area (Å²) in [6.07, 6.45) is 2.02. The molecule has 0 aliphatic carbocycles. The number of aromatic nitrogens is 2. The number of nitrogens with zero attached hydrogens (tertiary/aromatic N) is 2. The number of aryl methyl sites for hydroxylation is 1. The van der Waals surface area contributed by atoms with Gasteiger partial charge in [-0.15, -0.1) is 0 Å². The van der Waals surface area contributed by atoms with Gasteiger partial charge in [0.1, 0.15) is 5.82 Å². The molecule has 20 heavy (non-hydrogen) atoms. The van der Waals surface area contributed by atoms with Crippen LogP contribution >= 0.6 is 23.2 Å². The molecule has 0 aliphatic heterocycles. The van der Waals surface area contributed by atoms with E-state index in [0.717, 1.165) is 5.56 Å². The zero-order valence-electron chi connectivity index (χ0n) is 10.7. The predicted octanol–water partition coefficient (Wildman–Crippen LogP) is 2.45. The van der Waals surface area contributed by atoms with Crippen molar-refractivity contribution in [2.45, 2.75) is 24.9 Å². The molecule has 0 amide bonds. The second kappa shape index (κ2) is 5.73. The SMILES string of the molecule is CCc1nc(S(N)(=O)=O)cn1Cc1ccc(Cl)c(Cl)c1. The fraction of sp³-hybridized carbons (Fsp3) is 0.250. The van der Waals surface area contributed by atoms with Gasteiger partial charge in [-0.3, -0.25) is 0 Å². The van der Waals surface area contributed by atoms with Gasteiger partial charge in [0.25, 0.3) is 10.0 Å². The number of rotatable bonds is 4. The summed E-state index contributed by atoms with van der Waals surface area (Å²) < 4.78 is 24.4. The first-order valence-corrected chi connectivity index (χ1v) is 8.14. The molecule has 0 unspecified atom stereocenters. The number of benzene rings is 1. The second-order valence-corrected chi connectivity index (χ2v) is 6.59. The summed E-state index contributed by atoms with van der Waals surface area (Å²) in [5.41, 5.74) is 0.896. The van der Waals surface area contributed by atoms with Crippen LogP contribution in [0.25, 0.3) is 0 Å². The van der Waals surface area contributed by atoms with Gasteiger partial charge in [0.15, 0.2) is 5.03 Å². The van der Waals surface area contributed by atoms with Gasteiger partial charge in [-0.25, -0.2) is 18.5 Å². The van der Waals surface area contributed by atoms with E-state index >= 15 is 0 Å². The molecule has 2 rings (SSSR count). The topological polar surface area (TPSA) is 78.0 Å². The molecular weight excluding hydrogens is 321 g/mol. The first-order chi connectivity index (χ1) is 9.31. The number of halogens is 2. The van der Waals surface area contributed by atoms with Gasteiger partial charge in [-0.1, -0.05) is 36.2 Å². The summed E-state index contributed by atoms with van der Waals surface area (Å²) in [4.78, 5) is 4.03.